The third kappa shape index (κ3) is 16.3. The molecule has 21 atom stereocenters. The van der Waals surface area contributed by atoms with Crippen LogP contribution in [0.15, 0.2) is 36.7 Å². The van der Waals surface area contributed by atoms with Gasteiger partial charge in [-0.15, -0.1) is 0 Å². The Kier molecular flexibility index (Phi) is 22.4. The average Bonchev–Trinajstić information content (AvgIpc) is 1.55. The molecule has 0 aliphatic carbocycles. The standard InChI is InChI=1S/C67H99N7O14S/c1-10-47-48-29-42(75)28-45-20-22-51-59(83-45)60-62-66(7,86-51)61-55(85-62)32-67(87-60,88-61)24-23-46-27-39(5)50(81-46)21-19-44-26-38(4)40(6)52(82-44)31-54(48)84-53(47)30-43(76)35-68-57(78)36-69-63(79)49(17-14-15-25-74(8)9)72-64(80)58(37(2)3)73-56(77)18-13-11-12-16-41-33-70-65(89)71-34-41/h33-34,37-38,43-55,58-62,76H,5-6,10-11,13-15,17-32,35-36H2,1-4,7-9H3,(H,68,78)(H,69,79)(H,72,80)(H,73,77)(H,70,71,89)/t38-,43+,44+,45-,46+,47-,48-,49+,50?,51+,52-,53-,54+,55?,58+,59+,60+,61+,62+,66+,67-/m1/s1. The van der Waals surface area contributed by atoms with Crippen LogP contribution < -0.4 is 21.3 Å². The SMILES string of the molecule is C=C1C[C@@H]2CC[C@@]34CC5O[C@H]6[C@@H](O3)[C@H]3O[C@H](CC[C@@H]3O[C@@]6(C)[C@H]5O4)CC(=O)C[C@@H]3[C@@H](CC)[C@@H](C[C@H](O)CNC(=O)CNC(=O)[C@H](CCCCN(C)C)NC(=O)[C@@H](NC(=O)CCCC#Cc4cnc(=S)[nH]c4)C(C)C)O[C@H]3C[C@H]3O[C@@H](CCC1O2)C[C@@H](C)C3=C. The van der Waals surface area contributed by atoms with E-state index in [9.17, 15) is 29.1 Å². The summed E-state index contributed by atoms with van der Waals surface area (Å²) in [6.07, 6.45) is 9.92. The van der Waals surface area contributed by atoms with Gasteiger partial charge < -0.3 is 74.2 Å². The predicted octanol–water partition coefficient (Wildman–Crippen LogP) is 6.15. The fourth-order valence-electron chi connectivity index (χ4n) is 15.7. The van der Waals surface area contributed by atoms with E-state index in [4.69, 9.17) is 50.1 Å². The molecule has 0 aromatic carbocycles. The summed E-state index contributed by atoms with van der Waals surface area (Å²) in [5.74, 6) is 2.95. The number of aliphatic hydroxyl groups is 1. The number of carbonyl (C=O) groups is 5. The number of nitrogens with zero attached hydrogens (tertiary/aromatic N) is 2. The van der Waals surface area contributed by atoms with Gasteiger partial charge in [-0.2, -0.15) is 0 Å². The molecule has 492 valence electrons. The summed E-state index contributed by atoms with van der Waals surface area (Å²) in [5.41, 5.74) is 2.10. The summed E-state index contributed by atoms with van der Waals surface area (Å²) in [7, 11) is 3.92. The number of ether oxygens (including phenoxy) is 8. The molecule has 11 rings (SSSR count). The number of fused-ring (bicyclic) bond motifs is 6. The van der Waals surface area contributed by atoms with Crippen LogP contribution in [0.1, 0.15) is 169 Å². The van der Waals surface area contributed by atoms with Gasteiger partial charge in [0.1, 0.15) is 47.9 Å². The lowest BCUT2D eigenvalue weighted by molar-refractivity contribution is -0.301. The second kappa shape index (κ2) is 29.6. The van der Waals surface area contributed by atoms with Crippen LogP contribution in [-0.2, 0) is 61.9 Å². The maximum absolute atomic E-state index is 14.7. The first kappa shape index (κ1) is 67.4. The minimum absolute atomic E-state index is 0.0149. The molecule has 22 heteroatoms. The van der Waals surface area contributed by atoms with E-state index in [0.717, 1.165) is 56.2 Å². The molecule has 21 nitrogen and oxygen atoms in total. The Labute approximate surface area is 530 Å². The zero-order valence-electron chi connectivity index (χ0n) is 53.4. The zero-order chi connectivity index (χ0) is 63.3. The summed E-state index contributed by atoms with van der Waals surface area (Å²) in [6.45, 7) is 19.3. The summed E-state index contributed by atoms with van der Waals surface area (Å²) in [4.78, 5) is 77.8. The number of hydrogen-bond acceptors (Lipinski definition) is 17. The Morgan fingerprint density at radius 2 is 1.64 bits per heavy atom. The smallest absolute Gasteiger partial charge is 0.243 e. The van der Waals surface area contributed by atoms with Gasteiger partial charge in [-0.3, -0.25) is 24.0 Å². The molecule has 10 aliphatic rings. The first-order chi connectivity index (χ1) is 42.6. The van der Waals surface area contributed by atoms with Gasteiger partial charge in [0.05, 0.1) is 73.1 Å². The molecule has 10 aliphatic heterocycles. The van der Waals surface area contributed by atoms with Gasteiger partial charge in [0, 0.05) is 70.3 Å². The number of rotatable bonds is 20. The van der Waals surface area contributed by atoms with Crippen LogP contribution in [0.25, 0.3) is 0 Å². The largest absolute Gasteiger partial charge is 0.391 e. The molecule has 89 heavy (non-hydrogen) atoms. The highest BCUT2D eigenvalue weighted by Gasteiger charge is 2.73. The normalized spacial score (nSPS) is 36.7. The van der Waals surface area contributed by atoms with E-state index in [1.54, 1.807) is 12.4 Å². The third-order valence-corrected chi connectivity index (χ3v) is 20.7. The minimum Gasteiger partial charge on any atom is -0.391 e. The lowest BCUT2D eigenvalue weighted by Crippen LogP contribution is -2.66. The van der Waals surface area contributed by atoms with E-state index < -0.39 is 72.2 Å². The molecule has 10 saturated heterocycles. The summed E-state index contributed by atoms with van der Waals surface area (Å²) in [5, 5.41) is 22.9. The molecule has 10 fully saturated rings. The zero-order valence-corrected chi connectivity index (χ0v) is 54.3. The monoisotopic (exact) mass is 1260 g/mol. The number of H-pyrrole nitrogens is 1. The Morgan fingerprint density at radius 1 is 0.854 bits per heavy atom. The fourth-order valence-corrected chi connectivity index (χ4v) is 15.8. The van der Waals surface area contributed by atoms with Crippen molar-refractivity contribution in [3.63, 3.8) is 0 Å². The number of carbonyl (C=O) groups excluding carboxylic acids is 5. The van der Waals surface area contributed by atoms with Crippen molar-refractivity contribution in [3.8, 4) is 11.8 Å². The molecule has 4 amide bonds. The van der Waals surface area contributed by atoms with Gasteiger partial charge in [0.2, 0.25) is 23.6 Å². The van der Waals surface area contributed by atoms with Crippen molar-refractivity contribution >= 4 is 41.6 Å². The Morgan fingerprint density at radius 3 is 2.40 bits per heavy atom. The average molecular weight is 1260 g/mol. The van der Waals surface area contributed by atoms with Crippen LogP contribution in [0, 0.1) is 40.3 Å². The first-order valence-corrected chi connectivity index (χ1v) is 33.7. The van der Waals surface area contributed by atoms with Crippen LogP contribution >= 0.6 is 12.2 Å². The number of ketones is 1. The Hall–Kier alpha value is -4.51. The molecule has 12 bridgehead atoms. The second-order valence-corrected chi connectivity index (χ2v) is 28.2. The van der Waals surface area contributed by atoms with Crippen LogP contribution in [-0.4, -0.2) is 192 Å². The van der Waals surface area contributed by atoms with Gasteiger partial charge in [0.25, 0.3) is 0 Å². The molecule has 1 spiro atoms. The minimum atomic E-state index is -1.02. The highest BCUT2D eigenvalue weighted by Crippen LogP contribution is 2.58. The van der Waals surface area contributed by atoms with Crippen LogP contribution in [0.5, 0.6) is 0 Å². The number of aromatic amines is 1. The molecule has 0 saturated carbocycles. The summed E-state index contributed by atoms with van der Waals surface area (Å²) in [6, 6.07) is -1.89. The van der Waals surface area contributed by atoms with E-state index in [2.05, 4.69) is 77.0 Å². The molecular weight excluding hydrogens is 1160 g/mol. The second-order valence-electron chi connectivity index (χ2n) is 27.8. The number of amides is 4. The van der Waals surface area contributed by atoms with Gasteiger partial charge in [0.15, 0.2) is 10.6 Å². The molecule has 0 radical (unpaired) electrons. The van der Waals surface area contributed by atoms with E-state index >= 15 is 0 Å². The van der Waals surface area contributed by atoms with Gasteiger partial charge in [-0.25, -0.2) is 4.98 Å². The van der Waals surface area contributed by atoms with Crippen molar-refractivity contribution in [1.29, 1.82) is 0 Å². The van der Waals surface area contributed by atoms with Gasteiger partial charge in [-0.1, -0.05) is 59.1 Å². The van der Waals surface area contributed by atoms with Crippen molar-refractivity contribution < 1.29 is 67.0 Å². The molecule has 6 N–H and O–H groups in total. The number of Topliss-reactive ketones (excluding diaryl/α,β-unsaturated/α-hetero) is 1. The van der Waals surface area contributed by atoms with Crippen molar-refractivity contribution in [2.45, 2.75) is 272 Å². The van der Waals surface area contributed by atoms with Crippen molar-refractivity contribution in [2.75, 3.05) is 33.7 Å². The first-order valence-electron chi connectivity index (χ1n) is 33.3. The molecule has 11 heterocycles. The maximum Gasteiger partial charge on any atom is 0.243 e. The lowest BCUT2D eigenvalue weighted by atomic mass is 9.77. The molecule has 1 aromatic heterocycles. The highest BCUT2D eigenvalue weighted by atomic mass is 32.1. The van der Waals surface area contributed by atoms with E-state index in [-0.39, 0.29) is 129 Å². The van der Waals surface area contributed by atoms with E-state index in [1.165, 1.54) is 0 Å². The number of aliphatic hydroxyl groups excluding tert-OH is 1. The summed E-state index contributed by atoms with van der Waals surface area (Å²) < 4.78 is 55.8. The van der Waals surface area contributed by atoms with Crippen molar-refractivity contribution in [1.82, 2.24) is 36.1 Å². The number of nitrogens with one attached hydrogen (secondary N) is 5. The summed E-state index contributed by atoms with van der Waals surface area (Å²) >= 11 is 4.98. The van der Waals surface area contributed by atoms with E-state index in [0.29, 0.717) is 74.5 Å². The number of aromatic nitrogens is 2. The highest BCUT2D eigenvalue weighted by molar-refractivity contribution is 7.71. The number of hydrogen-bond donors (Lipinski definition) is 6. The van der Waals surface area contributed by atoms with Gasteiger partial charge in [-0.05, 0) is 145 Å². The van der Waals surface area contributed by atoms with Crippen LogP contribution in [0.2, 0.25) is 0 Å². The topological polar surface area (TPSA) is 259 Å². The third-order valence-electron chi connectivity index (χ3n) is 20.4. The molecule has 1 aromatic rings. The maximum atomic E-state index is 14.7. The van der Waals surface area contributed by atoms with Crippen LogP contribution in [0.4, 0.5) is 0 Å². The predicted molar refractivity (Wildman–Crippen MR) is 332 cm³/mol. The molecule has 2 unspecified atom stereocenters. The van der Waals surface area contributed by atoms with Crippen molar-refractivity contribution in [3.05, 3.63) is 47.0 Å². The quantitative estimate of drug-likeness (QED) is 0.0371. The number of unbranched alkanes of at least 4 members (excludes halogenated alkanes) is 2. The Bertz CT molecular complexity index is 2820. The fraction of sp³-hybridized carbons (Fsp3) is 0.776. The van der Waals surface area contributed by atoms with Crippen molar-refractivity contribution in [2.24, 2.45) is 23.7 Å². The van der Waals surface area contributed by atoms with E-state index in [1.807, 2.05) is 32.8 Å². The Balaban J connectivity index is 0.761. The van der Waals surface area contributed by atoms with Crippen LogP contribution in [0.3, 0.4) is 0 Å². The lowest BCUT2D eigenvalue weighted by Gasteiger charge is -2.51. The van der Waals surface area contributed by atoms with Gasteiger partial charge >= 0.3 is 0 Å². The molecular formula is C67H99N7O14S.